The third-order valence-corrected chi connectivity index (χ3v) is 4.65. The summed E-state index contributed by atoms with van der Waals surface area (Å²) in [5, 5.41) is 2.53. The monoisotopic (exact) mass is 374 g/mol. The molecule has 0 aromatic heterocycles. The van der Waals surface area contributed by atoms with Crippen molar-refractivity contribution in [2.45, 2.75) is 19.4 Å². The molecular formula is C19H19FN2O5. The molecule has 0 unspecified atom stereocenters. The topological polar surface area (TPSA) is 92.8 Å². The third kappa shape index (κ3) is 4.39. The molecule has 1 aromatic carbocycles. The van der Waals surface area contributed by atoms with Crippen molar-refractivity contribution in [2.24, 2.45) is 11.8 Å². The van der Waals surface area contributed by atoms with E-state index in [4.69, 9.17) is 4.74 Å². The number of rotatable bonds is 6. The Morgan fingerprint density at radius 2 is 1.67 bits per heavy atom. The minimum atomic E-state index is -0.819. The highest BCUT2D eigenvalue weighted by Gasteiger charge is 2.47. The molecule has 0 radical (unpaired) electrons. The van der Waals surface area contributed by atoms with Crippen LogP contribution < -0.4 is 5.32 Å². The molecule has 1 heterocycles. The number of carbonyl (C=O) groups is 4. The number of nitrogens with one attached hydrogen (secondary N) is 1. The van der Waals surface area contributed by atoms with Crippen LogP contribution in [-0.2, 0) is 30.5 Å². The molecule has 1 aliphatic heterocycles. The van der Waals surface area contributed by atoms with Gasteiger partial charge >= 0.3 is 5.97 Å². The molecule has 2 aliphatic rings. The highest BCUT2D eigenvalue weighted by molar-refractivity contribution is 6.07. The van der Waals surface area contributed by atoms with E-state index in [0.29, 0.717) is 18.4 Å². The first-order valence-electron chi connectivity index (χ1n) is 8.62. The number of benzene rings is 1. The standard InChI is InChI=1S/C19H19FN2O5/c20-13-7-5-12(6-8-13)9-21-16(23)11-27-17(24)10-22-18(25)14-3-1-2-4-15(14)19(22)26/h1-2,5-8,14-15H,3-4,9-11H2,(H,21,23)/t14-,15+. The maximum atomic E-state index is 12.8. The highest BCUT2D eigenvalue weighted by atomic mass is 19.1. The summed E-state index contributed by atoms with van der Waals surface area (Å²) in [5.41, 5.74) is 0.695. The molecule has 8 heteroatoms. The summed E-state index contributed by atoms with van der Waals surface area (Å²) >= 11 is 0. The van der Waals surface area contributed by atoms with Gasteiger partial charge in [0.2, 0.25) is 11.8 Å². The van der Waals surface area contributed by atoms with Crippen molar-refractivity contribution in [2.75, 3.05) is 13.2 Å². The largest absolute Gasteiger partial charge is 0.454 e. The predicted molar refractivity (Wildman–Crippen MR) is 91.3 cm³/mol. The molecule has 3 rings (SSSR count). The van der Waals surface area contributed by atoms with E-state index in [1.54, 1.807) is 0 Å². The van der Waals surface area contributed by atoms with Crippen LogP contribution in [0, 0.1) is 17.7 Å². The second kappa shape index (κ2) is 8.11. The molecule has 0 spiro atoms. The van der Waals surface area contributed by atoms with E-state index < -0.39 is 36.9 Å². The van der Waals surface area contributed by atoms with E-state index in [-0.39, 0.29) is 24.2 Å². The number of imide groups is 1. The fourth-order valence-corrected chi connectivity index (χ4v) is 3.20. The van der Waals surface area contributed by atoms with E-state index in [0.717, 1.165) is 4.90 Å². The van der Waals surface area contributed by atoms with Gasteiger partial charge in [-0.15, -0.1) is 0 Å². The van der Waals surface area contributed by atoms with Gasteiger partial charge in [-0.1, -0.05) is 24.3 Å². The Morgan fingerprint density at radius 3 is 2.26 bits per heavy atom. The van der Waals surface area contributed by atoms with Gasteiger partial charge in [-0.05, 0) is 30.5 Å². The zero-order valence-electron chi connectivity index (χ0n) is 14.5. The van der Waals surface area contributed by atoms with Crippen LogP contribution in [0.15, 0.2) is 36.4 Å². The highest BCUT2D eigenvalue weighted by Crippen LogP contribution is 2.34. The fourth-order valence-electron chi connectivity index (χ4n) is 3.20. The van der Waals surface area contributed by atoms with E-state index in [2.05, 4.69) is 5.32 Å². The summed E-state index contributed by atoms with van der Waals surface area (Å²) < 4.78 is 17.7. The Kier molecular flexibility index (Phi) is 5.63. The first-order valence-corrected chi connectivity index (χ1v) is 8.62. The molecule has 2 atom stereocenters. The second-order valence-corrected chi connectivity index (χ2v) is 6.48. The Hall–Kier alpha value is -3.03. The number of nitrogens with zero attached hydrogens (tertiary/aromatic N) is 1. The average molecular weight is 374 g/mol. The van der Waals surface area contributed by atoms with Crippen LogP contribution in [-0.4, -0.2) is 41.7 Å². The number of esters is 1. The Bertz CT molecular complexity index is 764. The second-order valence-electron chi connectivity index (χ2n) is 6.48. The molecule has 7 nitrogen and oxygen atoms in total. The first kappa shape index (κ1) is 18.8. The maximum absolute atomic E-state index is 12.8. The molecule has 3 amide bonds. The molecular weight excluding hydrogens is 355 g/mol. The predicted octanol–water partition coefficient (Wildman–Crippen LogP) is 0.936. The van der Waals surface area contributed by atoms with Crippen LogP contribution >= 0.6 is 0 Å². The van der Waals surface area contributed by atoms with Gasteiger partial charge in [0.1, 0.15) is 12.4 Å². The Labute approximate surface area is 155 Å². The number of likely N-dealkylation sites (tertiary alicyclic amines) is 1. The fraction of sp³-hybridized carbons (Fsp3) is 0.368. The number of hydrogen-bond donors (Lipinski definition) is 1. The summed E-state index contributed by atoms with van der Waals surface area (Å²) in [7, 11) is 0. The van der Waals surface area contributed by atoms with Gasteiger partial charge in [-0.3, -0.25) is 24.1 Å². The zero-order chi connectivity index (χ0) is 19.4. The van der Waals surface area contributed by atoms with Crippen LogP contribution in [0.3, 0.4) is 0 Å². The molecule has 142 valence electrons. The quantitative estimate of drug-likeness (QED) is 0.454. The maximum Gasteiger partial charge on any atom is 0.326 e. The molecule has 1 aliphatic carbocycles. The van der Waals surface area contributed by atoms with Crippen molar-refractivity contribution < 1.29 is 28.3 Å². The van der Waals surface area contributed by atoms with Gasteiger partial charge in [-0.2, -0.15) is 0 Å². The smallest absolute Gasteiger partial charge is 0.326 e. The van der Waals surface area contributed by atoms with Crippen molar-refractivity contribution in [3.05, 3.63) is 47.8 Å². The van der Waals surface area contributed by atoms with E-state index >= 15 is 0 Å². The lowest BCUT2D eigenvalue weighted by atomic mass is 9.85. The Morgan fingerprint density at radius 1 is 1.07 bits per heavy atom. The summed E-state index contributed by atoms with van der Waals surface area (Å²) in [6.45, 7) is -0.851. The zero-order valence-corrected chi connectivity index (χ0v) is 14.5. The van der Waals surface area contributed by atoms with Gasteiger partial charge < -0.3 is 10.1 Å². The summed E-state index contributed by atoms with van der Waals surface area (Å²) in [6, 6.07) is 5.61. The van der Waals surface area contributed by atoms with Gasteiger partial charge in [0.15, 0.2) is 6.61 Å². The number of hydrogen-bond acceptors (Lipinski definition) is 5. The minimum Gasteiger partial charge on any atom is -0.454 e. The van der Waals surface area contributed by atoms with Crippen molar-refractivity contribution in [1.82, 2.24) is 10.2 Å². The number of halogens is 1. The van der Waals surface area contributed by atoms with E-state index in [1.807, 2.05) is 12.2 Å². The lowest BCUT2D eigenvalue weighted by Crippen LogP contribution is -2.38. The lowest BCUT2D eigenvalue weighted by Gasteiger charge is -2.14. The van der Waals surface area contributed by atoms with Crippen molar-refractivity contribution in [1.29, 1.82) is 0 Å². The normalized spacial score (nSPS) is 21.1. The summed E-state index contributed by atoms with van der Waals surface area (Å²) in [4.78, 5) is 49.1. The average Bonchev–Trinajstić information content (AvgIpc) is 2.91. The number of ether oxygens (including phenoxy) is 1. The van der Waals surface area contributed by atoms with E-state index in [1.165, 1.54) is 24.3 Å². The van der Waals surface area contributed by atoms with Crippen LogP contribution in [0.4, 0.5) is 4.39 Å². The van der Waals surface area contributed by atoms with Crippen LogP contribution in [0.5, 0.6) is 0 Å². The summed E-state index contributed by atoms with van der Waals surface area (Å²) in [6.07, 6.45) is 4.71. The summed E-state index contributed by atoms with van der Waals surface area (Å²) in [5.74, 6) is -3.28. The van der Waals surface area contributed by atoms with Gasteiger partial charge in [0, 0.05) is 6.54 Å². The lowest BCUT2D eigenvalue weighted by molar-refractivity contribution is -0.154. The molecule has 1 saturated heterocycles. The number of amides is 3. The molecule has 1 aromatic rings. The number of allylic oxidation sites excluding steroid dienone is 2. The first-order chi connectivity index (χ1) is 13.0. The van der Waals surface area contributed by atoms with Gasteiger partial charge in [0.25, 0.3) is 5.91 Å². The molecule has 27 heavy (non-hydrogen) atoms. The molecule has 0 saturated carbocycles. The van der Waals surface area contributed by atoms with Crippen molar-refractivity contribution in [3.63, 3.8) is 0 Å². The minimum absolute atomic E-state index is 0.163. The van der Waals surface area contributed by atoms with E-state index in [9.17, 15) is 23.6 Å². The molecule has 0 bridgehead atoms. The van der Waals surface area contributed by atoms with Crippen LogP contribution in [0.25, 0.3) is 0 Å². The Balaban J connectivity index is 1.43. The molecule has 1 N–H and O–H groups in total. The third-order valence-electron chi connectivity index (χ3n) is 4.65. The number of fused-ring (bicyclic) bond motifs is 1. The van der Waals surface area contributed by atoms with Crippen molar-refractivity contribution in [3.8, 4) is 0 Å². The van der Waals surface area contributed by atoms with Crippen molar-refractivity contribution >= 4 is 23.7 Å². The van der Waals surface area contributed by atoms with Crippen LogP contribution in [0.1, 0.15) is 18.4 Å². The van der Waals surface area contributed by atoms with Gasteiger partial charge in [0.05, 0.1) is 11.8 Å². The van der Waals surface area contributed by atoms with Gasteiger partial charge in [-0.25, -0.2) is 4.39 Å². The SMILES string of the molecule is O=C(COC(=O)CN1C(=O)[C@H]2CC=CC[C@H]2C1=O)NCc1ccc(F)cc1. The molecule has 1 fully saturated rings. The van der Waals surface area contributed by atoms with Crippen LogP contribution in [0.2, 0.25) is 0 Å². The number of carbonyl (C=O) groups excluding carboxylic acids is 4.